The number of likely N-dealkylation sites (tertiary alicyclic amines) is 1. The molecule has 7 heteroatoms. The highest BCUT2D eigenvalue weighted by atomic mass is 16.5. The summed E-state index contributed by atoms with van der Waals surface area (Å²) in [5.74, 6) is 3.15. The molecule has 2 saturated carbocycles. The number of nitrogens with zero attached hydrogens (tertiary/aromatic N) is 3. The summed E-state index contributed by atoms with van der Waals surface area (Å²) in [5, 5.41) is 0.960. The first-order valence-electron chi connectivity index (χ1n) is 16.6. The number of nitrogens with one attached hydrogen (secondary N) is 1. The van der Waals surface area contributed by atoms with Gasteiger partial charge in [0.1, 0.15) is 22.7 Å². The lowest BCUT2D eigenvalue weighted by Crippen LogP contribution is -2.48. The average Bonchev–Trinajstić information content (AvgIpc) is 3.59. The Hall–Kier alpha value is -3.84. The maximum absolute atomic E-state index is 12.6. The number of fused-ring (bicyclic) bond motifs is 1. The number of hydrogen-bond acceptors (Lipinski definition) is 6. The zero-order chi connectivity index (χ0) is 29.6. The SMILES string of the molecule is COC(=O)c1ccc(N2CCC(C3CC(N4CCCC4c4ccccc4C4CC4)C3)CC2)cc1Oc1cnc2[nH]ccc2c1. The third kappa shape index (κ3) is 5.25. The number of carbonyl (C=O) groups excluding carboxylic acids is 1. The molecule has 0 spiro atoms. The number of H-pyrrole nitrogens is 1. The zero-order valence-corrected chi connectivity index (χ0v) is 25.6. The Balaban J connectivity index is 0.905. The number of piperidine rings is 1. The summed E-state index contributed by atoms with van der Waals surface area (Å²) >= 11 is 0. The fourth-order valence-electron chi connectivity index (χ4n) is 8.23. The van der Waals surface area contributed by atoms with E-state index in [1.807, 2.05) is 36.5 Å². The van der Waals surface area contributed by atoms with Crippen LogP contribution >= 0.6 is 0 Å². The van der Waals surface area contributed by atoms with Crippen LogP contribution in [0.4, 0.5) is 5.69 Å². The van der Waals surface area contributed by atoms with E-state index in [9.17, 15) is 4.79 Å². The predicted octanol–water partition coefficient (Wildman–Crippen LogP) is 7.85. The quantitative estimate of drug-likeness (QED) is 0.211. The number of aromatic nitrogens is 2. The maximum Gasteiger partial charge on any atom is 0.341 e. The first-order chi connectivity index (χ1) is 21.6. The number of anilines is 1. The van der Waals surface area contributed by atoms with E-state index < -0.39 is 5.97 Å². The van der Waals surface area contributed by atoms with Crippen molar-refractivity contribution in [1.29, 1.82) is 0 Å². The lowest BCUT2D eigenvalue weighted by atomic mass is 9.68. The van der Waals surface area contributed by atoms with Crippen LogP contribution in [0.2, 0.25) is 0 Å². The molecular formula is C37H42N4O3. The maximum atomic E-state index is 12.6. The second kappa shape index (κ2) is 11.6. The summed E-state index contributed by atoms with van der Waals surface area (Å²) in [4.78, 5) is 25.4. The van der Waals surface area contributed by atoms with E-state index >= 15 is 0 Å². The molecule has 1 N–H and O–H groups in total. The van der Waals surface area contributed by atoms with Crippen LogP contribution in [0.1, 0.15) is 84.8 Å². The van der Waals surface area contributed by atoms with E-state index in [2.05, 4.69) is 44.0 Å². The minimum absolute atomic E-state index is 0.406. The van der Waals surface area contributed by atoms with E-state index in [4.69, 9.17) is 9.47 Å². The van der Waals surface area contributed by atoms with Gasteiger partial charge in [-0.25, -0.2) is 9.78 Å². The number of methoxy groups -OCH3 is 1. The van der Waals surface area contributed by atoms with E-state index in [0.717, 1.165) is 53.6 Å². The lowest BCUT2D eigenvalue weighted by molar-refractivity contribution is 0.0316. The summed E-state index contributed by atoms with van der Waals surface area (Å²) in [7, 11) is 1.40. The molecule has 4 aromatic rings. The van der Waals surface area contributed by atoms with E-state index in [0.29, 0.717) is 23.1 Å². The van der Waals surface area contributed by atoms with Gasteiger partial charge in [0, 0.05) is 48.5 Å². The van der Waals surface area contributed by atoms with Crippen LogP contribution in [-0.2, 0) is 4.74 Å². The molecular weight excluding hydrogens is 548 g/mol. The summed E-state index contributed by atoms with van der Waals surface area (Å²) in [6, 6.07) is 20.4. The van der Waals surface area contributed by atoms with E-state index in [-0.39, 0.29) is 0 Å². The van der Waals surface area contributed by atoms with Crippen molar-refractivity contribution in [2.45, 2.75) is 69.4 Å². The third-order valence-corrected chi connectivity index (χ3v) is 10.8. The van der Waals surface area contributed by atoms with Gasteiger partial charge in [0.15, 0.2) is 0 Å². The molecule has 4 aliphatic rings. The number of esters is 1. The lowest BCUT2D eigenvalue weighted by Gasteiger charge is -2.49. The molecule has 44 heavy (non-hydrogen) atoms. The first-order valence-corrected chi connectivity index (χ1v) is 16.6. The molecule has 2 saturated heterocycles. The molecule has 2 aliphatic carbocycles. The van der Waals surface area contributed by atoms with E-state index in [1.54, 1.807) is 17.3 Å². The highest BCUT2D eigenvalue weighted by Gasteiger charge is 2.43. The van der Waals surface area contributed by atoms with Gasteiger partial charge in [-0.3, -0.25) is 4.90 Å². The van der Waals surface area contributed by atoms with Crippen LogP contribution in [0.5, 0.6) is 11.5 Å². The largest absolute Gasteiger partial charge is 0.465 e. The van der Waals surface area contributed by atoms with Crippen LogP contribution in [0.15, 0.2) is 67.0 Å². The van der Waals surface area contributed by atoms with Gasteiger partial charge in [-0.1, -0.05) is 24.3 Å². The predicted molar refractivity (Wildman–Crippen MR) is 172 cm³/mol. The van der Waals surface area contributed by atoms with Crippen molar-refractivity contribution in [3.05, 3.63) is 83.7 Å². The summed E-state index contributed by atoms with van der Waals surface area (Å²) in [6.07, 6.45) is 14.1. The summed E-state index contributed by atoms with van der Waals surface area (Å²) in [5.41, 5.74) is 5.58. The number of benzene rings is 2. The van der Waals surface area contributed by atoms with Gasteiger partial charge in [-0.15, -0.1) is 0 Å². The van der Waals surface area contributed by atoms with Crippen molar-refractivity contribution < 1.29 is 14.3 Å². The number of ether oxygens (including phenoxy) is 2. The van der Waals surface area contributed by atoms with Gasteiger partial charge >= 0.3 is 5.97 Å². The van der Waals surface area contributed by atoms with Crippen LogP contribution in [0.3, 0.4) is 0 Å². The summed E-state index contributed by atoms with van der Waals surface area (Å²) in [6.45, 7) is 3.32. The van der Waals surface area contributed by atoms with Gasteiger partial charge in [0.2, 0.25) is 0 Å². The highest BCUT2D eigenvalue weighted by Crippen LogP contribution is 2.49. The molecule has 2 aromatic carbocycles. The van der Waals surface area contributed by atoms with Gasteiger partial charge in [0.05, 0.1) is 13.3 Å². The molecule has 4 fully saturated rings. The molecule has 7 nitrogen and oxygen atoms in total. The molecule has 0 amide bonds. The highest BCUT2D eigenvalue weighted by molar-refractivity contribution is 5.93. The molecule has 8 rings (SSSR count). The molecule has 228 valence electrons. The van der Waals surface area contributed by atoms with Gasteiger partial charge in [-0.2, -0.15) is 0 Å². The minimum Gasteiger partial charge on any atom is -0.465 e. The average molecular weight is 591 g/mol. The molecule has 1 atom stereocenters. The Bertz CT molecular complexity index is 1650. The second-order valence-electron chi connectivity index (χ2n) is 13.4. The Morgan fingerprint density at radius 3 is 2.52 bits per heavy atom. The van der Waals surface area contributed by atoms with Crippen molar-refractivity contribution >= 4 is 22.7 Å². The smallest absolute Gasteiger partial charge is 0.341 e. The van der Waals surface area contributed by atoms with Crippen LogP contribution in [0, 0.1) is 11.8 Å². The number of pyridine rings is 1. The molecule has 4 heterocycles. The Labute approximate surface area is 259 Å². The van der Waals surface area contributed by atoms with Crippen molar-refractivity contribution in [2.24, 2.45) is 11.8 Å². The van der Waals surface area contributed by atoms with E-state index in [1.165, 1.54) is 65.0 Å². The number of carbonyl (C=O) groups is 1. The first kappa shape index (κ1) is 27.7. The fourth-order valence-corrected chi connectivity index (χ4v) is 8.23. The van der Waals surface area contributed by atoms with Crippen LogP contribution in [0.25, 0.3) is 11.0 Å². The Morgan fingerprint density at radius 1 is 0.909 bits per heavy atom. The van der Waals surface area contributed by atoms with Crippen LogP contribution in [-0.4, -0.2) is 53.6 Å². The zero-order valence-electron chi connectivity index (χ0n) is 25.6. The van der Waals surface area contributed by atoms with Gasteiger partial charge in [0.25, 0.3) is 0 Å². The molecule has 0 radical (unpaired) electrons. The number of hydrogen-bond donors (Lipinski definition) is 1. The standard InChI is InChI=1S/C37H42N4O3/c1-43-37(42)33-11-10-28(22-35(33)44-30-21-26-12-15-38-36(26)39-23-30)40-17-13-24(14-18-40)27-19-29(20-27)41-16-4-7-34(41)32-6-3-2-5-31(32)25-8-9-25/h2-3,5-6,10-12,15,21-25,27,29,34H,4,7-9,13-14,16-20H2,1H3,(H,38,39). The molecule has 2 aromatic heterocycles. The number of aromatic amines is 1. The molecule has 0 bridgehead atoms. The van der Waals surface area contributed by atoms with Crippen molar-refractivity contribution in [2.75, 3.05) is 31.6 Å². The Morgan fingerprint density at radius 2 is 1.73 bits per heavy atom. The van der Waals surface area contributed by atoms with Crippen molar-refractivity contribution in [3.63, 3.8) is 0 Å². The van der Waals surface area contributed by atoms with Crippen molar-refractivity contribution in [3.8, 4) is 11.5 Å². The van der Waals surface area contributed by atoms with Gasteiger partial charge < -0.3 is 19.4 Å². The third-order valence-electron chi connectivity index (χ3n) is 10.8. The van der Waals surface area contributed by atoms with Gasteiger partial charge in [-0.05, 0) is 111 Å². The Kier molecular flexibility index (Phi) is 7.29. The second-order valence-corrected chi connectivity index (χ2v) is 13.4. The topological polar surface area (TPSA) is 70.7 Å². The molecule has 1 unspecified atom stereocenters. The van der Waals surface area contributed by atoms with Crippen LogP contribution < -0.4 is 9.64 Å². The number of rotatable bonds is 8. The van der Waals surface area contributed by atoms with Crippen molar-refractivity contribution in [1.82, 2.24) is 14.9 Å². The monoisotopic (exact) mass is 590 g/mol. The molecule has 2 aliphatic heterocycles. The minimum atomic E-state index is -0.406. The fraction of sp³-hybridized carbons (Fsp3) is 0.459. The summed E-state index contributed by atoms with van der Waals surface area (Å²) < 4.78 is 11.3. The normalized spacial score (nSPS) is 24.4.